The number of pyridine rings is 1. The van der Waals surface area contributed by atoms with E-state index < -0.39 is 12.0 Å². The minimum atomic E-state index is -0.770. The van der Waals surface area contributed by atoms with Gasteiger partial charge in [0.1, 0.15) is 6.04 Å². The zero-order valence-electron chi connectivity index (χ0n) is 11.2. The number of carboxylic acid groups (broad SMARTS) is 1. The van der Waals surface area contributed by atoms with Crippen LogP contribution in [-0.2, 0) is 4.79 Å². The third-order valence-corrected chi connectivity index (χ3v) is 4.71. The van der Waals surface area contributed by atoms with Gasteiger partial charge in [-0.3, -0.25) is 15.1 Å². The standard InChI is InChI=1S/C15H16N2O2S/c1-9-2-3-10-8-11(4-5-12(10)16-9)14-17-13(15(18)19)6-7-20-14/h2-5,8,13-14,17H,6-7H2,1H3,(H,18,19). The summed E-state index contributed by atoms with van der Waals surface area (Å²) in [6, 6.07) is 9.73. The highest BCUT2D eigenvalue weighted by molar-refractivity contribution is 7.99. The Morgan fingerprint density at radius 2 is 2.25 bits per heavy atom. The van der Waals surface area contributed by atoms with E-state index in [0.717, 1.165) is 27.9 Å². The van der Waals surface area contributed by atoms with E-state index in [1.165, 1.54) is 0 Å². The number of hydrogen-bond acceptors (Lipinski definition) is 4. The van der Waals surface area contributed by atoms with Gasteiger partial charge in [-0.25, -0.2) is 0 Å². The SMILES string of the molecule is Cc1ccc2cc(C3NC(C(=O)O)CCS3)ccc2n1. The van der Waals surface area contributed by atoms with Gasteiger partial charge in [0.05, 0.1) is 10.9 Å². The lowest BCUT2D eigenvalue weighted by Crippen LogP contribution is -2.41. The van der Waals surface area contributed by atoms with Gasteiger partial charge in [-0.2, -0.15) is 0 Å². The zero-order chi connectivity index (χ0) is 14.1. The van der Waals surface area contributed by atoms with E-state index in [0.29, 0.717) is 6.42 Å². The van der Waals surface area contributed by atoms with Crippen molar-refractivity contribution >= 4 is 28.6 Å². The summed E-state index contributed by atoms with van der Waals surface area (Å²) in [6.07, 6.45) is 0.671. The molecule has 104 valence electrons. The largest absolute Gasteiger partial charge is 0.480 e. The highest BCUT2D eigenvalue weighted by Crippen LogP contribution is 2.33. The predicted octanol–water partition coefficient (Wildman–Crippen LogP) is 2.72. The molecule has 1 aliphatic rings. The summed E-state index contributed by atoms with van der Waals surface area (Å²) in [5.74, 6) is 0.0899. The minimum Gasteiger partial charge on any atom is -0.480 e. The molecule has 2 unspecified atom stereocenters. The number of rotatable bonds is 2. The second-order valence-corrected chi connectivity index (χ2v) is 6.21. The lowest BCUT2D eigenvalue weighted by Gasteiger charge is -2.28. The van der Waals surface area contributed by atoms with Crippen molar-refractivity contribution in [3.8, 4) is 0 Å². The molecule has 4 nitrogen and oxygen atoms in total. The van der Waals surface area contributed by atoms with Crippen LogP contribution < -0.4 is 5.32 Å². The van der Waals surface area contributed by atoms with Gasteiger partial charge >= 0.3 is 5.97 Å². The van der Waals surface area contributed by atoms with Crippen LogP contribution in [0.25, 0.3) is 10.9 Å². The summed E-state index contributed by atoms with van der Waals surface area (Å²) < 4.78 is 0. The fourth-order valence-corrected chi connectivity index (χ4v) is 3.62. The molecule has 2 atom stereocenters. The fraction of sp³-hybridized carbons (Fsp3) is 0.333. The quantitative estimate of drug-likeness (QED) is 0.889. The smallest absolute Gasteiger partial charge is 0.320 e. The van der Waals surface area contributed by atoms with Crippen LogP contribution in [0.2, 0.25) is 0 Å². The van der Waals surface area contributed by atoms with Gasteiger partial charge in [0.2, 0.25) is 0 Å². The van der Waals surface area contributed by atoms with E-state index in [2.05, 4.69) is 22.4 Å². The van der Waals surface area contributed by atoms with Gasteiger partial charge < -0.3 is 5.11 Å². The number of carboxylic acids is 1. The van der Waals surface area contributed by atoms with Gasteiger partial charge in [0, 0.05) is 11.1 Å². The molecular formula is C15H16N2O2S. The molecule has 2 aromatic rings. The Morgan fingerprint density at radius 3 is 3.05 bits per heavy atom. The molecule has 0 spiro atoms. The minimum absolute atomic E-state index is 0.0375. The van der Waals surface area contributed by atoms with Crippen molar-refractivity contribution in [3.05, 3.63) is 41.6 Å². The monoisotopic (exact) mass is 288 g/mol. The Morgan fingerprint density at radius 1 is 1.40 bits per heavy atom. The Bertz CT molecular complexity index is 659. The number of aromatic nitrogens is 1. The summed E-state index contributed by atoms with van der Waals surface area (Å²) in [5.41, 5.74) is 3.09. The number of aryl methyl sites for hydroxylation is 1. The van der Waals surface area contributed by atoms with Crippen LogP contribution in [-0.4, -0.2) is 27.9 Å². The molecule has 0 aliphatic carbocycles. The number of nitrogens with zero attached hydrogens (tertiary/aromatic N) is 1. The molecule has 20 heavy (non-hydrogen) atoms. The molecule has 1 fully saturated rings. The molecule has 2 heterocycles. The lowest BCUT2D eigenvalue weighted by atomic mass is 10.1. The molecule has 3 rings (SSSR count). The van der Waals surface area contributed by atoms with Crippen LogP contribution in [0.4, 0.5) is 0 Å². The molecule has 1 aromatic carbocycles. The van der Waals surface area contributed by atoms with E-state index in [4.69, 9.17) is 5.11 Å². The number of fused-ring (bicyclic) bond motifs is 1. The third kappa shape index (κ3) is 2.64. The highest BCUT2D eigenvalue weighted by atomic mass is 32.2. The summed E-state index contributed by atoms with van der Waals surface area (Å²) in [4.78, 5) is 15.6. The Balaban J connectivity index is 1.90. The maximum Gasteiger partial charge on any atom is 0.320 e. The Labute approximate surface area is 121 Å². The number of carbonyl (C=O) groups is 1. The van der Waals surface area contributed by atoms with Gasteiger partial charge in [0.15, 0.2) is 0 Å². The Kier molecular flexibility index (Phi) is 3.63. The van der Waals surface area contributed by atoms with Gasteiger partial charge in [-0.1, -0.05) is 12.1 Å². The van der Waals surface area contributed by atoms with Crippen LogP contribution in [0, 0.1) is 6.92 Å². The zero-order valence-corrected chi connectivity index (χ0v) is 12.0. The van der Waals surface area contributed by atoms with Crippen LogP contribution >= 0.6 is 11.8 Å². The summed E-state index contributed by atoms with van der Waals surface area (Å²) >= 11 is 1.75. The van der Waals surface area contributed by atoms with E-state index in [1.807, 2.05) is 25.1 Å². The van der Waals surface area contributed by atoms with Gasteiger partial charge in [-0.05, 0) is 42.9 Å². The maximum absolute atomic E-state index is 11.1. The van der Waals surface area contributed by atoms with E-state index in [-0.39, 0.29) is 5.37 Å². The number of benzene rings is 1. The number of nitrogens with one attached hydrogen (secondary N) is 1. The van der Waals surface area contributed by atoms with E-state index >= 15 is 0 Å². The number of aliphatic carboxylic acids is 1. The molecule has 0 amide bonds. The number of hydrogen-bond donors (Lipinski definition) is 2. The topological polar surface area (TPSA) is 62.2 Å². The van der Waals surface area contributed by atoms with Crippen molar-refractivity contribution in [1.82, 2.24) is 10.3 Å². The predicted molar refractivity (Wildman–Crippen MR) is 80.9 cm³/mol. The van der Waals surface area contributed by atoms with Crippen LogP contribution in [0.1, 0.15) is 23.1 Å². The van der Waals surface area contributed by atoms with Crippen LogP contribution in [0.15, 0.2) is 30.3 Å². The highest BCUT2D eigenvalue weighted by Gasteiger charge is 2.27. The molecule has 1 aliphatic heterocycles. The first-order valence-electron chi connectivity index (χ1n) is 6.61. The summed E-state index contributed by atoms with van der Waals surface area (Å²) in [7, 11) is 0. The molecule has 0 bridgehead atoms. The average Bonchev–Trinajstić information content (AvgIpc) is 2.47. The van der Waals surface area contributed by atoms with Crippen LogP contribution in [0.3, 0.4) is 0 Å². The van der Waals surface area contributed by atoms with E-state index in [1.54, 1.807) is 11.8 Å². The summed E-state index contributed by atoms with van der Waals surface area (Å²) in [6.45, 7) is 1.98. The number of thioether (sulfide) groups is 1. The first-order chi connectivity index (χ1) is 9.63. The van der Waals surface area contributed by atoms with Crippen molar-refractivity contribution in [2.45, 2.75) is 24.8 Å². The Hall–Kier alpha value is -1.59. The normalized spacial score (nSPS) is 22.9. The molecule has 5 heteroatoms. The first kappa shape index (κ1) is 13.4. The van der Waals surface area contributed by atoms with Crippen molar-refractivity contribution in [2.75, 3.05) is 5.75 Å². The summed E-state index contributed by atoms with van der Waals surface area (Å²) in [5, 5.41) is 13.4. The molecule has 1 saturated heterocycles. The fourth-order valence-electron chi connectivity index (χ4n) is 2.41. The second kappa shape index (κ2) is 5.42. The van der Waals surface area contributed by atoms with Crippen molar-refractivity contribution in [3.63, 3.8) is 0 Å². The van der Waals surface area contributed by atoms with Crippen molar-refractivity contribution in [1.29, 1.82) is 0 Å². The third-order valence-electron chi connectivity index (χ3n) is 3.50. The molecule has 0 saturated carbocycles. The molecule has 1 aromatic heterocycles. The molecular weight excluding hydrogens is 272 g/mol. The molecule has 2 N–H and O–H groups in total. The first-order valence-corrected chi connectivity index (χ1v) is 7.66. The average molecular weight is 288 g/mol. The van der Waals surface area contributed by atoms with Gasteiger partial charge in [-0.15, -0.1) is 11.8 Å². The van der Waals surface area contributed by atoms with Gasteiger partial charge in [0.25, 0.3) is 0 Å². The van der Waals surface area contributed by atoms with Crippen molar-refractivity contribution < 1.29 is 9.90 Å². The van der Waals surface area contributed by atoms with E-state index in [9.17, 15) is 4.79 Å². The van der Waals surface area contributed by atoms with Crippen LogP contribution in [0.5, 0.6) is 0 Å². The molecule has 0 radical (unpaired) electrons. The lowest BCUT2D eigenvalue weighted by molar-refractivity contribution is -0.139. The van der Waals surface area contributed by atoms with Crippen molar-refractivity contribution in [2.24, 2.45) is 0 Å². The second-order valence-electron chi connectivity index (χ2n) is 5.00. The maximum atomic E-state index is 11.1.